The molecule has 3 nitrogen and oxygen atoms in total. The van der Waals surface area contributed by atoms with Gasteiger partial charge >= 0.3 is 0 Å². The fourth-order valence-corrected chi connectivity index (χ4v) is 3.30. The minimum absolute atomic E-state index is 0.916. The number of aromatic nitrogens is 3. The molecule has 0 radical (unpaired) electrons. The van der Waals surface area contributed by atoms with Crippen LogP contribution >= 0.6 is 0 Å². The van der Waals surface area contributed by atoms with Gasteiger partial charge in [-0.2, -0.15) is 5.10 Å². The van der Waals surface area contributed by atoms with Crippen molar-refractivity contribution in [2.45, 2.75) is 27.7 Å². The van der Waals surface area contributed by atoms with Crippen LogP contribution in [-0.4, -0.2) is 14.8 Å². The van der Waals surface area contributed by atoms with E-state index in [1.807, 2.05) is 17.7 Å². The van der Waals surface area contributed by atoms with E-state index in [1.165, 1.54) is 22.3 Å². The monoisotopic (exact) mass is 327 g/mol. The minimum Gasteiger partial charge on any atom is -0.233 e. The van der Waals surface area contributed by atoms with E-state index in [4.69, 9.17) is 10.1 Å². The summed E-state index contributed by atoms with van der Waals surface area (Å²) in [6, 6.07) is 19.0. The molecule has 2 heterocycles. The summed E-state index contributed by atoms with van der Waals surface area (Å²) >= 11 is 0. The van der Waals surface area contributed by atoms with Crippen molar-refractivity contribution in [2.75, 3.05) is 0 Å². The van der Waals surface area contributed by atoms with Gasteiger partial charge in [0.15, 0.2) is 5.65 Å². The minimum atomic E-state index is 0.916. The zero-order chi connectivity index (χ0) is 17.6. The molecule has 4 aromatic rings. The van der Waals surface area contributed by atoms with Crippen LogP contribution in [-0.2, 0) is 0 Å². The largest absolute Gasteiger partial charge is 0.233 e. The van der Waals surface area contributed by atoms with Gasteiger partial charge < -0.3 is 0 Å². The Balaban J connectivity index is 2.03. The molecule has 0 atom stereocenters. The Kier molecular flexibility index (Phi) is 3.65. The first kappa shape index (κ1) is 15.6. The molecule has 0 unspecified atom stereocenters. The average Bonchev–Trinajstić information content (AvgIpc) is 2.94. The van der Waals surface area contributed by atoms with Gasteiger partial charge in [0.1, 0.15) is 0 Å². The standard InChI is InChI=1S/C22H21N3/c1-14-10-11-19(12-15(14)2)25-22-21(17(4)24-25)20(13-16(3)23-22)18-8-6-5-7-9-18/h5-13H,1-4H3. The molecule has 0 N–H and O–H groups in total. The molecule has 2 aromatic carbocycles. The number of hydrogen-bond donors (Lipinski definition) is 0. The van der Waals surface area contributed by atoms with Crippen LogP contribution < -0.4 is 0 Å². The Labute approximate surface area is 148 Å². The van der Waals surface area contributed by atoms with Crippen molar-refractivity contribution in [1.29, 1.82) is 0 Å². The number of benzene rings is 2. The van der Waals surface area contributed by atoms with E-state index in [2.05, 4.69) is 69.3 Å². The van der Waals surface area contributed by atoms with E-state index < -0.39 is 0 Å². The molecule has 0 saturated carbocycles. The SMILES string of the molecule is Cc1cc(-c2ccccc2)c2c(C)nn(-c3ccc(C)c(C)c3)c2n1. The summed E-state index contributed by atoms with van der Waals surface area (Å²) in [6.07, 6.45) is 0. The summed E-state index contributed by atoms with van der Waals surface area (Å²) in [5, 5.41) is 5.93. The van der Waals surface area contributed by atoms with Crippen molar-refractivity contribution in [2.24, 2.45) is 0 Å². The molecule has 0 aliphatic rings. The Morgan fingerprint density at radius 3 is 2.28 bits per heavy atom. The van der Waals surface area contributed by atoms with Gasteiger partial charge in [0.05, 0.1) is 16.8 Å². The third-order valence-electron chi connectivity index (χ3n) is 4.76. The number of aryl methyl sites for hydroxylation is 4. The number of pyridine rings is 1. The maximum Gasteiger partial charge on any atom is 0.164 e. The van der Waals surface area contributed by atoms with Crippen molar-refractivity contribution >= 4 is 11.0 Å². The predicted octanol–water partition coefficient (Wildman–Crippen LogP) is 5.32. The quantitative estimate of drug-likeness (QED) is 0.499. The van der Waals surface area contributed by atoms with Gasteiger partial charge in [-0.1, -0.05) is 36.4 Å². The summed E-state index contributed by atoms with van der Waals surface area (Å²) in [5.74, 6) is 0. The summed E-state index contributed by atoms with van der Waals surface area (Å²) < 4.78 is 1.97. The first-order valence-electron chi connectivity index (χ1n) is 8.54. The van der Waals surface area contributed by atoms with Crippen molar-refractivity contribution < 1.29 is 0 Å². The maximum atomic E-state index is 4.81. The molecule has 0 fully saturated rings. The Morgan fingerprint density at radius 2 is 1.56 bits per heavy atom. The second-order valence-corrected chi connectivity index (χ2v) is 6.64. The first-order valence-corrected chi connectivity index (χ1v) is 8.54. The highest BCUT2D eigenvalue weighted by Gasteiger charge is 2.16. The van der Waals surface area contributed by atoms with Gasteiger partial charge in [-0.15, -0.1) is 0 Å². The molecule has 0 amide bonds. The van der Waals surface area contributed by atoms with Crippen molar-refractivity contribution in [3.05, 3.63) is 77.1 Å². The first-order chi connectivity index (χ1) is 12.0. The summed E-state index contributed by atoms with van der Waals surface area (Å²) in [5.41, 5.74) is 8.89. The summed E-state index contributed by atoms with van der Waals surface area (Å²) in [4.78, 5) is 4.81. The zero-order valence-electron chi connectivity index (χ0n) is 15.0. The molecular formula is C22H21N3. The molecule has 25 heavy (non-hydrogen) atoms. The molecule has 3 heteroatoms. The van der Waals surface area contributed by atoms with Crippen LogP contribution in [0.2, 0.25) is 0 Å². The van der Waals surface area contributed by atoms with E-state index in [1.54, 1.807) is 0 Å². The van der Waals surface area contributed by atoms with E-state index in [9.17, 15) is 0 Å². The Hall–Kier alpha value is -2.94. The van der Waals surface area contributed by atoms with Crippen LogP contribution in [0.3, 0.4) is 0 Å². The molecule has 0 aliphatic carbocycles. The summed E-state index contributed by atoms with van der Waals surface area (Å²) in [6.45, 7) is 8.36. The topological polar surface area (TPSA) is 30.7 Å². The molecule has 2 aromatic heterocycles. The van der Waals surface area contributed by atoms with Gasteiger partial charge in [0.25, 0.3) is 0 Å². The average molecular weight is 327 g/mol. The van der Waals surface area contributed by atoms with Crippen LogP contribution in [0.5, 0.6) is 0 Å². The van der Waals surface area contributed by atoms with Crippen molar-refractivity contribution in [3.8, 4) is 16.8 Å². The number of fused-ring (bicyclic) bond motifs is 1. The fraction of sp³-hybridized carbons (Fsp3) is 0.182. The van der Waals surface area contributed by atoms with Crippen LogP contribution in [0.25, 0.3) is 27.8 Å². The van der Waals surface area contributed by atoms with E-state index >= 15 is 0 Å². The van der Waals surface area contributed by atoms with Crippen LogP contribution in [0.15, 0.2) is 54.6 Å². The maximum absolute atomic E-state index is 4.81. The van der Waals surface area contributed by atoms with Crippen LogP contribution in [0.4, 0.5) is 0 Å². The highest BCUT2D eigenvalue weighted by atomic mass is 15.3. The predicted molar refractivity (Wildman–Crippen MR) is 103 cm³/mol. The highest BCUT2D eigenvalue weighted by Crippen LogP contribution is 2.32. The molecule has 0 spiro atoms. The van der Waals surface area contributed by atoms with Crippen LogP contribution in [0, 0.1) is 27.7 Å². The van der Waals surface area contributed by atoms with Gasteiger partial charge in [0.2, 0.25) is 0 Å². The van der Waals surface area contributed by atoms with Gasteiger partial charge in [-0.25, -0.2) is 9.67 Å². The van der Waals surface area contributed by atoms with E-state index in [-0.39, 0.29) is 0 Å². The van der Waals surface area contributed by atoms with Crippen LogP contribution in [0.1, 0.15) is 22.5 Å². The van der Waals surface area contributed by atoms with E-state index in [0.717, 1.165) is 28.1 Å². The lowest BCUT2D eigenvalue weighted by Gasteiger charge is -2.08. The fourth-order valence-electron chi connectivity index (χ4n) is 3.30. The van der Waals surface area contributed by atoms with Gasteiger partial charge in [0, 0.05) is 5.69 Å². The van der Waals surface area contributed by atoms with Gasteiger partial charge in [-0.3, -0.25) is 0 Å². The second-order valence-electron chi connectivity index (χ2n) is 6.64. The lowest BCUT2D eigenvalue weighted by Crippen LogP contribution is -2.00. The zero-order valence-corrected chi connectivity index (χ0v) is 15.0. The van der Waals surface area contributed by atoms with E-state index in [0.29, 0.717) is 0 Å². The molecule has 0 saturated heterocycles. The lowest BCUT2D eigenvalue weighted by molar-refractivity contribution is 0.873. The number of hydrogen-bond acceptors (Lipinski definition) is 2. The molecule has 0 aliphatic heterocycles. The lowest BCUT2D eigenvalue weighted by atomic mass is 10.0. The number of rotatable bonds is 2. The second kappa shape index (κ2) is 5.85. The molecule has 0 bridgehead atoms. The number of nitrogens with zero attached hydrogens (tertiary/aromatic N) is 3. The normalized spacial score (nSPS) is 11.2. The molecule has 4 rings (SSSR count). The summed E-state index contributed by atoms with van der Waals surface area (Å²) in [7, 11) is 0. The molecule has 124 valence electrons. The van der Waals surface area contributed by atoms with Gasteiger partial charge in [-0.05, 0) is 68.1 Å². The highest BCUT2D eigenvalue weighted by molar-refractivity contribution is 5.95. The third-order valence-corrected chi connectivity index (χ3v) is 4.76. The Morgan fingerprint density at radius 1 is 0.800 bits per heavy atom. The molecular weight excluding hydrogens is 306 g/mol. The third kappa shape index (κ3) is 2.62. The Bertz CT molecular complexity index is 1080. The van der Waals surface area contributed by atoms with Crippen molar-refractivity contribution in [1.82, 2.24) is 14.8 Å². The smallest absolute Gasteiger partial charge is 0.164 e. The van der Waals surface area contributed by atoms with Crippen molar-refractivity contribution in [3.63, 3.8) is 0 Å².